The number of carbonyl (C=O) groups excluding carboxylic acids is 1. The molecular weight excluding hydrogens is 360 g/mol. The Kier molecular flexibility index (Phi) is 7.39. The van der Waals surface area contributed by atoms with E-state index in [2.05, 4.69) is 22.1 Å². The van der Waals surface area contributed by atoms with Crippen LogP contribution in [0, 0.1) is 10.1 Å². The SMILES string of the molecule is C=C(CNC(=O)OC(C)(C)C)CNC1CCN(c2ccc([N+](=O)[O-])cc2)CC1. The number of nitrogens with zero attached hydrogens (tertiary/aromatic N) is 2. The predicted molar refractivity (Wildman–Crippen MR) is 110 cm³/mol. The van der Waals surface area contributed by atoms with Gasteiger partial charge in [-0.25, -0.2) is 4.79 Å². The van der Waals surface area contributed by atoms with Gasteiger partial charge in [0.2, 0.25) is 0 Å². The van der Waals surface area contributed by atoms with Crippen LogP contribution >= 0.6 is 0 Å². The van der Waals surface area contributed by atoms with Crippen LogP contribution in [0.3, 0.4) is 0 Å². The van der Waals surface area contributed by atoms with Crippen molar-refractivity contribution in [3.05, 3.63) is 46.5 Å². The molecule has 0 spiro atoms. The Morgan fingerprint density at radius 2 is 1.86 bits per heavy atom. The van der Waals surface area contributed by atoms with E-state index in [1.54, 1.807) is 24.3 Å². The van der Waals surface area contributed by atoms with E-state index in [0.29, 0.717) is 19.1 Å². The van der Waals surface area contributed by atoms with Gasteiger partial charge in [-0.1, -0.05) is 6.58 Å². The molecule has 1 fully saturated rings. The molecule has 0 bridgehead atoms. The largest absolute Gasteiger partial charge is 0.444 e. The second-order valence-electron chi connectivity index (χ2n) is 8.02. The number of hydrogen-bond acceptors (Lipinski definition) is 6. The quantitative estimate of drug-likeness (QED) is 0.421. The van der Waals surface area contributed by atoms with Crippen LogP contribution in [0.4, 0.5) is 16.2 Å². The highest BCUT2D eigenvalue weighted by Gasteiger charge is 2.20. The van der Waals surface area contributed by atoms with Gasteiger partial charge in [0.15, 0.2) is 0 Å². The standard InChI is InChI=1S/C20H30N4O4/c1-15(14-22-19(25)28-20(2,3)4)13-21-16-9-11-23(12-10-16)17-5-7-18(8-6-17)24(26)27/h5-8,16,21H,1,9-14H2,2-4H3,(H,22,25). The van der Waals surface area contributed by atoms with Crippen molar-refractivity contribution in [3.63, 3.8) is 0 Å². The number of anilines is 1. The zero-order chi connectivity index (χ0) is 20.7. The molecule has 1 aliphatic heterocycles. The maximum absolute atomic E-state index is 11.7. The van der Waals surface area contributed by atoms with E-state index in [4.69, 9.17) is 4.74 Å². The van der Waals surface area contributed by atoms with Crippen molar-refractivity contribution in [3.8, 4) is 0 Å². The summed E-state index contributed by atoms with van der Waals surface area (Å²) >= 11 is 0. The molecule has 0 radical (unpaired) electrons. The molecule has 8 nitrogen and oxygen atoms in total. The highest BCUT2D eigenvalue weighted by atomic mass is 16.6. The fraction of sp³-hybridized carbons (Fsp3) is 0.550. The molecule has 28 heavy (non-hydrogen) atoms. The third-order valence-electron chi connectivity index (χ3n) is 4.44. The van der Waals surface area contributed by atoms with Crippen LogP contribution in [0.1, 0.15) is 33.6 Å². The molecule has 0 aromatic heterocycles. The summed E-state index contributed by atoms with van der Waals surface area (Å²) in [5.74, 6) is 0. The second kappa shape index (κ2) is 9.54. The number of piperidine rings is 1. The number of nitrogens with one attached hydrogen (secondary N) is 2. The molecule has 1 saturated heterocycles. The lowest BCUT2D eigenvalue weighted by Crippen LogP contribution is -2.43. The molecule has 8 heteroatoms. The average molecular weight is 390 g/mol. The van der Waals surface area contributed by atoms with Crippen molar-refractivity contribution >= 4 is 17.5 Å². The van der Waals surface area contributed by atoms with Crippen LogP contribution in [-0.2, 0) is 4.74 Å². The number of non-ortho nitro benzene ring substituents is 1. The van der Waals surface area contributed by atoms with Gasteiger partial charge in [0, 0.05) is 50.0 Å². The molecule has 2 N–H and O–H groups in total. The monoisotopic (exact) mass is 390 g/mol. The van der Waals surface area contributed by atoms with Crippen molar-refractivity contribution in [1.29, 1.82) is 0 Å². The lowest BCUT2D eigenvalue weighted by Gasteiger charge is -2.34. The van der Waals surface area contributed by atoms with Crippen molar-refractivity contribution in [1.82, 2.24) is 10.6 Å². The number of alkyl carbamates (subject to hydrolysis) is 1. The van der Waals surface area contributed by atoms with Gasteiger partial charge in [0.1, 0.15) is 5.60 Å². The lowest BCUT2D eigenvalue weighted by molar-refractivity contribution is -0.384. The maximum Gasteiger partial charge on any atom is 0.407 e. The summed E-state index contributed by atoms with van der Waals surface area (Å²) in [5.41, 5.74) is 1.50. The molecule has 0 atom stereocenters. The van der Waals surface area contributed by atoms with Crippen LogP contribution in [-0.4, -0.2) is 48.8 Å². The van der Waals surface area contributed by atoms with Gasteiger partial charge in [0.25, 0.3) is 5.69 Å². The van der Waals surface area contributed by atoms with Crippen LogP contribution in [0.2, 0.25) is 0 Å². The number of ether oxygens (including phenoxy) is 1. The number of benzene rings is 1. The highest BCUT2D eigenvalue weighted by molar-refractivity contribution is 5.68. The summed E-state index contributed by atoms with van der Waals surface area (Å²) in [5, 5.41) is 16.9. The molecular formula is C20H30N4O4. The van der Waals surface area contributed by atoms with E-state index in [1.165, 1.54) is 0 Å². The van der Waals surface area contributed by atoms with Gasteiger partial charge in [-0.15, -0.1) is 0 Å². The fourth-order valence-corrected chi connectivity index (χ4v) is 2.99. The van der Waals surface area contributed by atoms with Crippen LogP contribution in [0.5, 0.6) is 0 Å². The average Bonchev–Trinajstić information content (AvgIpc) is 2.64. The zero-order valence-electron chi connectivity index (χ0n) is 16.9. The smallest absolute Gasteiger partial charge is 0.407 e. The topological polar surface area (TPSA) is 96.7 Å². The van der Waals surface area contributed by atoms with Gasteiger partial charge in [-0.2, -0.15) is 0 Å². The molecule has 2 rings (SSSR count). The summed E-state index contributed by atoms with van der Waals surface area (Å²) in [6, 6.07) is 7.07. The minimum Gasteiger partial charge on any atom is -0.444 e. The van der Waals surface area contributed by atoms with Gasteiger partial charge < -0.3 is 20.3 Å². The summed E-state index contributed by atoms with van der Waals surface area (Å²) in [4.78, 5) is 24.3. The first-order chi connectivity index (χ1) is 13.1. The van der Waals surface area contributed by atoms with E-state index >= 15 is 0 Å². The van der Waals surface area contributed by atoms with E-state index in [-0.39, 0.29) is 10.6 Å². The molecule has 0 unspecified atom stereocenters. The molecule has 1 aromatic rings. The lowest BCUT2D eigenvalue weighted by atomic mass is 10.0. The molecule has 1 aromatic carbocycles. The van der Waals surface area contributed by atoms with Crippen LogP contribution in [0.25, 0.3) is 0 Å². The number of amides is 1. The molecule has 0 saturated carbocycles. The first-order valence-electron chi connectivity index (χ1n) is 9.50. The molecule has 0 aliphatic carbocycles. The normalized spacial score (nSPS) is 15.2. The minimum atomic E-state index is -0.513. The number of rotatable bonds is 7. The van der Waals surface area contributed by atoms with Gasteiger partial charge in [-0.3, -0.25) is 10.1 Å². The van der Waals surface area contributed by atoms with E-state index < -0.39 is 11.7 Å². The van der Waals surface area contributed by atoms with Crippen LogP contribution in [0.15, 0.2) is 36.4 Å². The first-order valence-corrected chi connectivity index (χ1v) is 9.50. The fourth-order valence-electron chi connectivity index (χ4n) is 2.99. The highest BCUT2D eigenvalue weighted by Crippen LogP contribution is 2.22. The number of nitro benzene ring substituents is 1. The maximum atomic E-state index is 11.7. The number of carbonyl (C=O) groups is 1. The zero-order valence-corrected chi connectivity index (χ0v) is 16.9. The minimum absolute atomic E-state index is 0.110. The Balaban J connectivity index is 1.67. The van der Waals surface area contributed by atoms with Crippen LogP contribution < -0.4 is 15.5 Å². The summed E-state index contributed by atoms with van der Waals surface area (Å²) in [6.07, 6.45) is 1.51. The summed E-state index contributed by atoms with van der Waals surface area (Å²) < 4.78 is 5.20. The van der Waals surface area contributed by atoms with E-state index in [0.717, 1.165) is 37.2 Å². The van der Waals surface area contributed by atoms with E-state index in [9.17, 15) is 14.9 Å². The summed E-state index contributed by atoms with van der Waals surface area (Å²) in [7, 11) is 0. The van der Waals surface area contributed by atoms with Crippen molar-refractivity contribution in [2.45, 2.75) is 45.3 Å². The Bertz CT molecular complexity index is 689. The number of hydrogen-bond donors (Lipinski definition) is 2. The van der Waals surface area contributed by atoms with Crippen molar-refractivity contribution < 1.29 is 14.5 Å². The van der Waals surface area contributed by atoms with Gasteiger partial charge in [-0.05, 0) is 51.3 Å². The molecule has 154 valence electrons. The Morgan fingerprint density at radius 1 is 1.25 bits per heavy atom. The molecule has 1 aliphatic rings. The third-order valence-corrected chi connectivity index (χ3v) is 4.44. The van der Waals surface area contributed by atoms with E-state index in [1.807, 2.05) is 20.8 Å². The Hall–Kier alpha value is -2.61. The Labute approximate surface area is 166 Å². The first kappa shape index (κ1) is 21.7. The van der Waals surface area contributed by atoms with Gasteiger partial charge >= 0.3 is 6.09 Å². The predicted octanol–water partition coefficient (Wildman–Crippen LogP) is 3.23. The summed E-state index contributed by atoms with van der Waals surface area (Å²) in [6.45, 7) is 12.3. The van der Waals surface area contributed by atoms with Crippen molar-refractivity contribution in [2.75, 3.05) is 31.1 Å². The Morgan fingerprint density at radius 3 is 2.39 bits per heavy atom. The molecule has 1 heterocycles. The third kappa shape index (κ3) is 7.19. The molecule has 1 amide bonds. The van der Waals surface area contributed by atoms with Gasteiger partial charge in [0.05, 0.1) is 4.92 Å². The second-order valence-corrected chi connectivity index (χ2v) is 8.02. The van der Waals surface area contributed by atoms with Crippen molar-refractivity contribution in [2.24, 2.45) is 0 Å². The number of nitro groups is 1.